The molecule has 0 aliphatic rings. The molecule has 0 aliphatic carbocycles. The quantitative estimate of drug-likeness (QED) is 0.607. The third-order valence-electron chi connectivity index (χ3n) is 1.87. The van der Waals surface area contributed by atoms with Gasteiger partial charge in [0.1, 0.15) is 6.04 Å². The lowest BCUT2D eigenvalue weighted by atomic mass is 10.2. The van der Waals surface area contributed by atoms with E-state index in [0.29, 0.717) is 5.69 Å². The number of pyridine rings is 1. The van der Waals surface area contributed by atoms with E-state index in [9.17, 15) is 9.59 Å². The van der Waals surface area contributed by atoms with Gasteiger partial charge in [-0.3, -0.25) is 14.6 Å². The monoisotopic (exact) mass is 208 g/mol. The molecular formula is C9H12N4O2. The van der Waals surface area contributed by atoms with Crippen molar-refractivity contribution < 1.29 is 9.59 Å². The molecule has 15 heavy (non-hydrogen) atoms. The van der Waals surface area contributed by atoms with Crippen LogP contribution in [-0.4, -0.2) is 22.8 Å². The third kappa shape index (κ3) is 2.67. The Balaban J connectivity index is 2.78. The average Bonchev–Trinajstić information content (AvgIpc) is 2.18. The minimum absolute atomic E-state index is 0.227. The van der Waals surface area contributed by atoms with Gasteiger partial charge in [-0.2, -0.15) is 0 Å². The van der Waals surface area contributed by atoms with Crippen LogP contribution in [0, 0.1) is 0 Å². The fraction of sp³-hybridized carbons (Fsp3) is 0.222. The summed E-state index contributed by atoms with van der Waals surface area (Å²) >= 11 is 0. The summed E-state index contributed by atoms with van der Waals surface area (Å²) in [4.78, 5) is 26.0. The maximum absolute atomic E-state index is 11.5. The van der Waals surface area contributed by atoms with Crippen molar-refractivity contribution in [3.8, 4) is 0 Å². The van der Waals surface area contributed by atoms with Crippen LogP contribution >= 0.6 is 0 Å². The Labute approximate surface area is 86.7 Å². The highest BCUT2D eigenvalue weighted by Gasteiger charge is 2.15. The van der Waals surface area contributed by atoms with Crippen LogP contribution in [0.1, 0.15) is 17.3 Å². The number of amides is 2. The first-order valence-corrected chi connectivity index (χ1v) is 4.32. The van der Waals surface area contributed by atoms with Crippen molar-refractivity contribution >= 4 is 17.5 Å². The van der Waals surface area contributed by atoms with Gasteiger partial charge in [-0.1, -0.05) is 0 Å². The average molecular weight is 208 g/mol. The maximum atomic E-state index is 11.5. The van der Waals surface area contributed by atoms with E-state index in [0.717, 1.165) is 0 Å². The van der Waals surface area contributed by atoms with Crippen LogP contribution in [-0.2, 0) is 4.79 Å². The molecule has 1 aromatic rings. The van der Waals surface area contributed by atoms with Crippen molar-refractivity contribution in [1.29, 1.82) is 0 Å². The molecule has 5 N–H and O–H groups in total. The lowest BCUT2D eigenvalue weighted by Crippen LogP contribution is -2.42. The number of nitrogens with zero attached hydrogens (tertiary/aromatic N) is 1. The molecule has 0 saturated heterocycles. The van der Waals surface area contributed by atoms with Crippen LogP contribution < -0.4 is 16.8 Å². The molecule has 0 saturated carbocycles. The maximum Gasteiger partial charge on any atom is 0.255 e. The highest BCUT2D eigenvalue weighted by Crippen LogP contribution is 2.08. The standard InChI is InChI=1S/C9H12N4O2/c1-5(8(11)14)13-9(15)6-4-12-3-2-7(6)10/h2-5H,1H3,(H2,10,12)(H2,11,14)(H,13,15). The van der Waals surface area contributed by atoms with Gasteiger partial charge in [0.05, 0.1) is 5.56 Å². The van der Waals surface area contributed by atoms with E-state index in [4.69, 9.17) is 11.5 Å². The second kappa shape index (κ2) is 4.41. The number of carbonyl (C=O) groups excluding carboxylic acids is 2. The number of nitrogens with one attached hydrogen (secondary N) is 1. The van der Waals surface area contributed by atoms with Crippen LogP contribution in [0.4, 0.5) is 5.69 Å². The van der Waals surface area contributed by atoms with E-state index < -0.39 is 17.9 Å². The lowest BCUT2D eigenvalue weighted by Gasteiger charge is -2.10. The predicted molar refractivity (Wildman–Crippen MR) is 54.8 cm³/mol. The summed E-state index contributed by atoms with van der Waals surface area (Å²) in [5.41, 5.74) is 11.1. The number of nitrogen functional groups attached to an aromatic ring is 1. The number of aromatic nitrogens is 1. The van der Waals surface area contributed by atoms with Crippen molar-refractivity contribution in [2.45, 2.75) is 13.0 Å². The first kappa shape index (κ1) is 11.0. The molecule has 0 aromatic carbocycles. The van der Waals surface area contributed by atoms with Gasteiger partial charge in [-0.05, 0) is 13.0 Å². The Hall–Kier alpha value is -2.11. The lowest BCUT2D eigenvalue weighted by molar-refractivity contribution is -0.119. The van der Waals surface area contributed by atoms with Crippen molar-refractivity contribution in [3.63, 3.8) is 0 Å². The topological polar surface area (TPSA) is 111 Å². The number of anilines is 1. The first-order valence-electron chi connectivity index (χ1n) is 4.32. The number of nitrogens with two attached hydrogens (primary N) is 2. The Morgan fingerprint density at radius 1 is 1.53 bits per heavy atom. The number of primary amides is 1. The normalized spacial score (nSPS) is 11.8. The fourth-order valence-electron chi connectivity index (χ4n) is 0.940. The molecule has 2 amide bonds. The summed E-state index contributed by atoms with van der Waals surface area (Å²) in [5.74, 6) is -1.07. The van der Waals surface area contributed by atoms with Crippen LogP contribution in [0.5, 0.6) is 0 Å². The zero-order valence-electron chi connectivity index (χ0n) is 8.23. The molecule has 6 heteroatoms. The van der Waals surface area contributed by atoms with Gasteiger partial charge in [-0.25, -0.2) is 0 Å². The van der Waals surface area contributed by atoms with E-state index in [2.05, 4.69) is 10.3 Å². The highest BCUT2D eigenvalue weighted by molar-refractivity contribution is 6.00. The van der Waals surface area contributed by atoms with Gasteiger partial charge in [0, 0.05) is 18.1 Å². The summed E-state index contributed by atoms with van der Waals surface area (Å²) in [6.07, 6.45) is 2.81. The molecule has 1 aromatic heterocycles. The molecule has 1 rings (SSSR count). The molecule has 0 radical (unpaired) electrons. The molecule has 0 aliphatic heterocycles. The predicted octanol–water partition coefficient (Wildman–Crippen LogP) is -0.733. The Morgan fingerprint density at radius 3 is 2.73 bits per heavy atom. The van der Waals surface area contributed by atoms with Crippen molar-refractivity contribution in [2.75, 3.05) is 5.73 Å². The van der Waals surface area contributed by atoms with Gasteiger partial charge in [0.25, 0.3) is 5.91 Å². The van der Waals surface area contributed by atoms with Gasteiger partial charge in [-0.15, -0.1) is 0 Å². The van der Waals surface area contributed by atoms with Gasteiger partial charge >= 0.3 is 0 Å². The van der Waals surface area contributed by atoms with Gasteiger partial charge < -0.3 is 16.8 Å². The van der Waals surface area contributed by atoms with Crippen LogP contribution in [0.3, 0.4) is 0 Å². The van der Waals surface area contributed by atoms with E-state index >= 15 is 0 Å². The second-order valence-corrected chi connectivity index (χ2v) is 3.06. The number of hydrogen-bond donors (Lipinski definition) is 3. The zero-order valence-corrected chi connectivity index (χ0v) is 8.23. The minimum Gasteiger partial charge on any atom is -0.398 e. The summed E-state index contributed by atoms with van der Waals surface area (Å²) in [7, 11) is 0. The number of rotatable bonds is 3. The number of carbonyl (C=O) groups is 2. The fourth-order valence-corrected chi connectivity index (χ4v) is 0.940. The molecule has 1 unspecified atom stereocenters. The minimum atomic E-state index is -0.739. The summed E-state index contributed by atoms with van der Waals surface area (Å²) in [6.45, 7) is 1.49. The van der Waals surface area contributed by atoms with Crippen molar-refractivity contribution in [3.05, 3.63) is 24.0 Å². The van der Waals surface area contributed by atoms with Crippen molar-refractivity contribution in [2.24, 2.45) is 5.73 Å². The molecule has 0 fully saturated rings. The van der Waals surface area contributed by atoms with E-state index in [-0.39, 0.29) is 5.56 Å². The molecule has 0 spiro atoms. The zero-order chi connectivity index (χ0) is 11.4. The molecule has 80 valence electrons. The van der Waals surface area contributed by atoms with Crippen LogP contribution in [0.25, 0.3) is 0 Å². The molecule has 1 atom stereocenters. The molecule has 0 bridgehead atoms. The van der Waals surface area contributed by atoms with E-state index in [1.54, 1.807) is 0 Å². The smallest absolute Gasteiger partial charge is 0.255 e. The number of hydrogen-bond acceptors (Lipinski definition) is 4. The highest BCUT2D eigenvalue weighted by atomic mass is 16.2. The molecule has 6 nitrogen and oxygen atoms in total. The third-order valence-corrected chi connectivity index (χ3v) is 1.87. The van der Waals surface area contributed by atoms with Crippen molar-refractivity contribution in [1.82, 2.24) is 10.3 Å². The summed E-state index contributed by atoms with van der Waals surface area (Å²) < 4.78 is 0. The Bertz CT molecular complexity index is 391. The largest absolute Gasteiger partial charge is 0.398 e. The van der Waals surface area contributed by atoms with Gasteiger partial charge in [0.15, 0.2) is 0 Å². The summed E-state index contributed by atoms with van der Waals surface area (Å²) in [6, 6.07) is 0.765. The summed E-state index contributed by atoms with van der Waals surface area (Å²) in [5, 5.41) is 2.40. The van der Waals surface area contributed by atoms with E-state index in [1.165, 1.54) is 25.4 Å². The molecule has 1 heterocycles. The Kier molecular flexibility index (Phi) is 3.22. The SMILES string of the molecule is CC(NC(=O)c1cnccc1N)C(N)=O. The first-order chi connectivity index (χ1) is 7.02. The van der Waals surface area contributed by atoms with Crippen LogP contribution in [0.15, 0.2) is 18.5 Å². The van der Waals surface area contributed by atoms with Gasteiger partial charge in [0.2, 0.25) is 5.91 Å². The molecular weight excluding hydrogens is 196 g/mol. The van der Waals surface area contributed by atoms with E-state index in [1.807, 2.05) is 0 Å². The van der Waals surface area contributed by atoms with Crippen LogP contribution in [0.2, 0.25) is 0 Å². The Morgan fingerprint density at radius 2 is 2.20 bits per heavy atom. The second-order valence-electron chi connectivity index (χ2n) is 3.06.